The molecule has 2 saturated heterocycles. The molecule has 0 unspecified atom stereocenters. The van der Waals surface area contributed by atoms with Gasteiger partial charge in [0.05, 0.1) is 5.39 Å². The summed E-state index contributed by atoms with van der Waals surface area (Å²) in [5.41, 5.74) is 3.15. The molecule has 0 saturated carbocycles. The average Bonchev–Trinajstić information content (AvgIpc) is 3.41. The molecule has 2 fully saturated rings. The number of rotatable bonds is 4. The maximum atomic E-state index is 4.83. The van der Waals surface area contributed by atoms with E-state index in [0.717, 1.165) is 61.8 Å². The third-order valence-electron chi connectivity index (χ3n) is 5.41. The monoisotopic (exact) mass is 363 g/mol. The van der Waals surface area contributed by atoms with Crippen molar-refractivity contribution in [1.29, 1.82) is 0 Å². The highest BCUT2D eigenvalue weighted by Crippen LogP contribution is 2.28. The molecule has 2 aromatic heterocycles. The van der Waals surface area contributed by atoms with E-state index in [1.54, 1.807) is 0 Å². The molecule has 0 aliphatic carbocycles. The van der Waals surface area contributed by atoms with Crippen molar-refractivity contribution in [1.82, 2.24) is 20.3 Å². The zero-order chi connectivity index (χ0) is 18.1. The summed E-state index contributed by atoms with van der Waals surface area (Å²) in [5.74, 6) is 1.67. The standard InChI is InChI=1S/C20H25N7/c1-2-12-27(11-1)19-17-7-8-22-18(17)24-20(25-19)23-15-3-5-16(6-4-15)26-13-9-21-10-14-26/h3-8,21H,1-2,9-14H2,(H2,22,23,24,25). The lowest BCUT2D eigenvalue weighted by atomic mass is 10.2. The number of aromatic nitrogens is 3. The Morgan fingerprint density at radius 1 is 0.852 bits per heavy atom. The van der Waals surface area contributed by atoms with Gasteiger partial charge in [0.15, 0.2) is 0 Å². The van der Waals surface area contributed by atoms with Crippen molar-refractivity contribution in [3.05, 3.63) is 36.5 Å². The Morgan fingerprint density at radius 2 is 1.63 bits per heavy atom. The lowest BCUT2D eigenvalue weighted by molar-refractivity contribution is 0.589. The quantitative estimate of drug-likeness (QED) is 0.662. The van der Waals surface area contributed by atoms with Crippen molar-refractivity contribution in [2.45, 2.75) is 12.8 Å². The summed E-state index contributed by atoms with van der Waals surface area (Å²) in [4.78, 5) is 17.5. The summed E-state index contributed by atoms with van der Waals surface area (Å²) < 4.78 is 0. The number of aromatic amines is 1. The normalized spacial score (nSPS) is 17.6. The molecular formula is C20H25N7. The van der Waals surface area contributed by atoms with Gasteiger partial charge in [-0.05, 0) is 43.2 Å². The number of H-pyrrole nitrogens is 1. The first kappa shape index (κ1) is 16.4. The Labute approximate surface area is 158 Å². The SMILES string of the molecule is c1cc2c(N3CCCC3)nc(Nc3ccc(N4CCNCC4)cc3)nc2[nH]1. The lowest BCUT2D eigenvalue weighted by Gasteiger charge is -2.29. The van der Waals surface area contributed by atoms with Gasteiger partial charge in [-0.15, -0.1) is 0 Å². The Balaban J connectivity index is 1.39. The Morgan fingerprint density at radius 3 is 2.41 bits per heavy atom. The number of hydrogen-bond acceptors (Lipinski definition) is 6. The fourth-order valence-corrected chi connectivity index (χ4v) is 3.96. The highest BCUT2D eigenvalue weighted by Gasteiger charge is 2.19. The van der Waals surface area contributed by atoms with Crippen LogP contribution in [0.1, 0.15) is 12.8 Å². The summed E-state index contributed by atoms with van der Waals surface area (Å²) in [6.07, 6.45) is 4.39. The Bertz CT molecular complexity index is 906. The van der Waals surface area contributed by atoms with E-state index in [4.69, 9.17) is 4.98 Å². The molecule has 2 aliphatic heterocycles. The number of anilines is 4. The molecular weight excluding hydrogens is 338 g/mol. The van der Waals surface area contributed by atoms with E-state index in [-0.39, 0.29) is 0 Å². The number of fused-ring (bicyclic) bond motifs is 1. The molecule has 0 amide bonds. The van der Waals surface area contributed by atoms with Gasteiger partial charge in [0.25, 0.3) is 0 Å². The van der Waals surface area contributed by atoms with E-state index >= 15 is 0 Å². The van der Waals surface area contributed by atoms with Crippen LogP contribution < -0.4 is 20.4 Å². The van der Waals surface area contributed by atoms with Gasteiger partial charge in [-0.3, -0.25) is 0 Å². The van der Waals surface area contributed by atoms with Crippen molar-refractivity contribution in [2.75, 3.05) is 54.4 Å². The molecule has 140 valence electrons. The third kappa shape index (κ3) is 3.30. The smallest absolute Gasteiger partial charge is 0.231 e. The Kier molecular flexibility index (Phi) is 4.29. The van der Waals surface area contributed by atoms with Crippen molar-refractivity contribution < 1.29 is 0 Å². The zero-order valence-corrected chi connectivity index (χ0v) is 15.4. The molecule has 0 bridgehead atoms. The summed E-state index contributed by atoms with van der Waals surface area (Å²) in [7, 11) is 0. The molecule has 3 N–H and O–H groups in total. The fraction of sp³-hybridized carbons (Fsp3) is 0.400. The van der Waals surface area contributed by atoms with Crippen LogP contribution in [0.25, 0.3) is 11.0 Å². The number of nitrogens with zero attached hydrogens (tertiary/aromatic N) is 4. The van der Waals surface area contributed by atoms with Crippen LogP contribution in [-0.2, 0) is 0 Å². The third-order valence-corrected chi connectivity index (χ3v) is 5.41. The van der Waals surface area contributed by atoms with Crippen LogP contribution in [0.2, 0.25) is 0 Å². The van der Waals surface area contributed by atoms with Crippen molar-refractivity contribution >= 4 is 34.2 Å². The summed E-state index contributed by atoms with van der Waals surface area (Å²) >= 11 is 0. The number of piperazine rings is 1. The second kappa shape index (κ2) is 7.08. The number of benzene rings is 1. The average molecular weight is 363 g/mol. The molecule has 0 atom stereocenters. The van der Waals surface area contributed by atoms with E-state index in [2.05, 4.69) is 60.7 Å². The highest BCUT2D eigenvalue weighted by molar-refractivity contribution is 5.89. The first-order valence-corrected chi connectivity index (χ1v) is 9.80. The first-order chi connectivity index (χ1) is 13.4. The van der Waals surface area contributed by atoms with Crippen LogP contribution in [0.15, 0.2) is 36.5 Å². The fourth-order valence-electron chi connectivity index (χ4n) is 3.96. The van der Waals surface area contributed by atoms with Gasteiger partial charge in [0.1, 0.15) is 11.5 Å². The summed E-state index contributed by atoms with van der Waals surface area (Å²) in [6, 6.07) is 10.6. The minimum atomic E-state index is 0.641. The van der Waals surface area contributed by atoms with Crippen LogP contribution in [0.3, 0.4) is 0 Å². The molecule has 0 radical (unpaired) electrons. The van der Waals surface area contributed by atoms with Crippen LogP contribution in [-0.4, -0.2) is 54.2 Å². The van der Waals surface area contributed by atoms with E-state index in [9.17, 15) is 0 Å². The lowest BCUT2D eigenvalue weighted by Crippen LogP contribution is -2.43. The minimum Gasteiger partial charge on any atom is -0.369 e. The second-order valence-corrected chi connectivity index (χ2v) is 7.21. The molecule has 3 aromatic rings. The van der Waals surface area contributed by atoms with Crippen molar-refractivity contribution in [2.24, 2.45) is 0 Å². The summed E-state index contributed by atoms with van der Waals surface area (Å²) in [5, 5.41) is 7.87. The molecule has 7 heteroatoms. The predicted molar refractivity (Wildman–Crippen MR) is 110 cm³/mol. The Hall–Kier alpha value is -2.80. The van der Waals surface area contributed by atoms with Gasteiger partial charge >= 0.3 is 0 Å². The van der Waals surface area contributed by atoms with Gasteiger partial charge in [-0.1, -0.05) is 0 Å². The first-order valence-electron chi connectivity index (χ1n) is 9.80. The van der Waals surface area contributed by atoms with Crippen LogP contribution in [0.4, 0.5) is 23.1 Å². The zero-order valence-electron chi connectivity index (χ0n) is 15.4. The van der Waals surface area contributed by atoms with E-state index in [1.807, 2.05) is 6.20 Å². The second-order valence-electron chi connectivity index (χ2n) is 7.21. The number of nitrogens with one attached hydrogen (secondary N) is 3. The van der Waals surface area contributed by atoms with E-state index in [0.29, 0.717) is 5.95 Å². The molecule has 0 spiro atoms. The molecule has 5 rings (SSSR count). The van der Waals surface area contributed by atoms with E-state index < -0.39 is 0 Å². The largest absolute Gasteiger partial charge is 0.369 e. The molecule has 1 aromatic carbocycles. The molecule has 2 aliphatic rings. The van der Waals surface area contributed by atoms with Crippen molar-refractivity contribution in [3.63, 3.8) is 0 Å². The maximum Gasteiger partial charge on any atom is 0.231 e. The van der Waals surface area contributed by atoms with E-state index in [1.165, 1.54) is 18.5 Å². The topological polar surface area (TPSA) is 72.1 Å². The van der Waals surface area contributed by atoms with Crippen LogP contribution in [0.5, 0.6) is 0 Å². The summed E-state index contributed by atoms with van der Waals surface area (Å²) in [6.45, 7) is 6.33. The van der Waals surface area contributed by atoms with Gasteiger partial charge < -0.3 is 25.4 Å². The molecule has 27 heavy (non-hydrogen) atoms. The van der Waals surface area contributed by atoms with Crippen molar-refractivity contribution in [3.8, 4) is 0 Å². The minimum absolute atomic E-state index is 0.641. The van der Waals surface area contributed by atoms with Crippen LogP contribution >= 0.6 is 0 Å². The molecule has 7 nitrogen and oxygen atoms in total. The number of hydrogen-bond donors (Lipinski definition) is 3. The van der Waals surface area contributed by atoms with Gasteiger partial charge in [0.2, 0.25) is 5.95 Å². The van der Waals surface area contributed by atoms with Gasteiger partial charge in [-0.2, -0.15) is 9.97 Å². The predicted octanol–water partition coefficient (Wildman–Crippen LogP) is 2.71. The van der Waals surface area contributed by atoms with Gasteiger partial charge in [-0.25, -0.2) is 0 Å². The molecule has 4 heterocycles. The van der Waals surface area contributed by atoms with Gasteiger partial charge in [0, 0.05) is 56.8 Å². The van der Waals surface area contributed by atoms with Crippen LogP contribution in [0, 0.1) is 0 Å². The highest BCUT2D eigenvalue weighted by atomic mass is 15.2. The maximum absolute atomic E-state index is 4.83.